The molecule has 6 nitrogen and oxygen atoms in total. The van der Waals surface area contributed by atoms with Gasteiger partial charge in [-0.05, 0) is 42.5 Å². The lowest BCUT2D eigenvalue weighted by Crippen LogP contribution is -2.16. The molecular weight excluding hydrogens is 419 g/mol. The second-order valence-electron chi connectivity index (χ2n) is 6.08. The van der Waals surface area contributed by atoms with Gasteiger partial charge in [-0.25, -0.2) is 4.98 Å². The number of alkyl halides is 3. The van der Waals surface area contributed by atoms with Gasteiger partial charge in [-0.2, -0.15) is 13.2 Å². The van der Waals surface area contributed by atoms with Crippen LogP contribution in [0.25, 0.3) is 11.3 Å². The van der Waals surface area contributed by atoms with Crippen molar-refractivity contribution in [2.75, 3.05) is 18.2 Å². The van der Waals surface area contributed by atoms with Crippen LogP contribution in [0.15, 0.2) is 64.5 Å². The summed E-state index contributed by atoms with van der Waals surface area (Å²) in [5.41, 5.74) is -0.106. The van der Waals surface area contributed by atoms with Gasteiger partial charge in [-0.15, -0.1) is 0 Å². The molecule has 0 saturated heterocycles. The van der Waals surface area contributed by atoms with Gasteiger partial charge in [-0.3, -0.25) is 9.59 Å². The molecule has 1 aromatic heterocycles. The third-order valence-electron chi connectivity index (χ3n) is 3.92. The summed E-state index contributed by atoms with van der Waals surface area (Å²) in [6.45, 7) is 0. The number of hydrogen-bond donors (Lipinski definition) is 2. The van der Waals surface area contributed by atoms with Crippen molar-refractivity contribution in [3.8, 4) is 17.0 Å². The first-order valence-electron chi connectivity index (χ1n) is 8.60. The summed E-state index contributed by atoms with van der Waals surface area (Å²) in [6.07, 6.45) is -4.50. The van der Waals surface area contributed by atoms with Crippen molar-refractivity contribution in [1.29, 1.82) is 0 Å². The minimum absolute atomic E-state index is 0.0314. The number of methoxy groups -OCH3 is 1. The minimum atomic E-state index is -4.50. The number of benzene rings is 2. The molecule has 0 bridgehead atoms. The SMILES string of the molecule is COc1ccc(-c2cc(=O)[nH]c(SCC(=O)Nc3cccc(C(F)(F)F)c3)n2)cc1. The van der Waals surface area contributed by atoms with Gasteiger partial charge in [0, 0.05) is 17.3 Å². The maximum absolute atomic E-state index is 12.8. The Hall–Kier alpha value is -3.27. The molecule has 2 N–H and O–H groups in total. The van der Waals surface area contributed by atoms with Crippen molar-refractivity contribution >= 4 is 23.4 Å². The third-order valence-corrected chi connectivity index (χ3v) is 4.79. The van der Waals surface area contributed by atoms with E-state index in [1.165, 1.54) is 18.2 Å². The summed E-state index contributed by atoms with van der Waals surface area (Å²) in [5.74, 6) is -0.0214. The van der Waals surface area contributed by atoms with Gasteiger partial charge >= 0.3 is 6.18 Å². The van der Waals surface area contributed by atoms with Crippen LogP contribution in [0.4, 0.5) is 18.9 Å². The van der Waals surface area contributed by atoms with Gasteiger partial charge in [0.15, 0.2) is 5.16 Å². The highest BCUT2D eigenvalue weighted by Gasteiger charge is 2.30. The molecule has 0 spiro atoms. The first-order chi connectivity index (χ1) is 14.2. The molecule has 0 aliphatic heterocycles. The first kappa shape index (κ1) is 21.4. The van der Waals surface area contributed by atoms with E-state index in [2.05, 4.69) is 15.3 Å². The van der Waals surface area contributed by atoms with Gasteiger partial charge in [0.05, 0.1) is 24.1 Å². The van der Waals surface area contributed by atoms with E-state index in [4.69, 9.17) is 4.74 Å². The van der Waals surface area contributed by atoms with Crippen molar-refractivity contribution in [1.82, 2.24) is 9.97 Å². The van der Waals surface area contributed by atoms with Crippen molar-refractivity contribution in [2.45, 2.75) is 11.3 Å². The van der Waals surface area contributed by atoms with E-state index in [0.29, 0.717) is 17.0 Å². The number of ether oxygens (including phenoxy) is 1. The fraction of sp³-hybridized carbons (Fsp3) is 0.150. The van der Waals surface area contributed by atoms with Gasteiger partial charge in [-0.1, -0.05) is 17.8 Å². The monoisotopic (exact) mass is 435 g/mol. The van der Waals surface area contributed by atoms with E-state index in [1.807, 2.05) is 0 Å². The molecule has 156 valence electrons. The zero-order valence-corrected chi connectivity index (χ0v) is 16.4. The quantitative estimate of drug-likeness (QED) is 0.448. The Labute approximate surface area is 173 Å². The molecule has 30 heavy (non-hydrogen) atoms. The number of nitrogens with one attached hydrogen (secondary N) is 2. The number of aromatic amines is 1. The number of nitrogens with zero attached hydrogens (tertiary/aromatic N) is 1. The molecule has 0 unspecified atom stereocenters. The number of thioether (sulfide) groups is 1. The predicted molar refractivity (Wildman–Crippen MR) is 108 cm³/mol. The van der Waals surface area contributed by atoms with E-state index in [0.717, 1.165) is 23.9 Å². The summed E-state index contributed by atoms with van der Waals surface area (Å²) in [7, 11) is 1.54. The molecule has 0 atom stereocenters. The van der Waals surface area contributed by atoms with Crippen LogP contribution in [-0.4, -0.2) is 28.7 Å². The Morgan fingerprint density at radius 3 is 2.57 bits per heavy atom. The average Bonchev–Trinajstić information content (AvgIpc) is 2.71. The zero-order valence-electron chi connectivity index (χ0n) is 15.6. The maximum atomic E-state index is 12.8. The number of H-pyrrole nitrogens is 1. The van der Waals surface area contributed by atoms with Crippen LogP contribution in [0.2, 0.25) is 0 Å². The molecule has 0 aliphatic carbocycles. The third kappa shape index (κ3) is 5.63. The summed E-state index contributed by atoms with van der Waals surface area (Å²) < 4.78 is 43.4. The van der Waals surface area contributed by atoms with Crippen LogP contribution in [0.5, 0.6) is 5.75 Å². The standard InChI is InChI=1S/C20H16F3N3O3S/c1-29-15-7-5-12(6-8-15)16-10-17(27)26-19(25-16)30-11-18(28)24-14-4-2-3-13(9-14)20(21,22)23/h2-10H,11H2,1H3,(H,24,28)(H,25,26,27). The fourth-order valence-corrected chi connectivity index (χ4v) is 3.19. The van der Waals surface area contributed by atoms with Gasteiger partial charge in [0.2, 0.25) is 5.91 Å². The minimum Gasteiger partial charge on any atom is -0.497 e. The van der Waals surface area contributed by atoms with Crippen molar-refractivity contribution in [2.24, 2.45) is 0 Å². The molecule has 0 saturated carbocycles. The zero-order chi connectivity index (χ0) is 21.7. The van der Waals surface area contributed by atoms with E-state index < -0.39 is 23.2 Å². The lowest BCUT2D eigenvalue weighted by atomic mass is 10.1. The Bertz CT molecular complexity index is 1100. The number of aromatic nitrogens is 2. The van der Waals surface area contributed by atoms with Crippen molar-refractivity contribution in [3.63, 3.8) is 0 Å². The second-order valence-corrected chi connectivity index (χ2v) is 7.04. The van der Waals surface area contributed by atoms with Crippen molar-refractivity contribution in [3.05, 3.63) is 70.5 Å². The van der Waals surface area contributed by atoms with E-state index >= 15 is 0 Å². The molecule has 1 amide bonds. The molecule has 0 radical (unpaired) electrons. The lowest BCUT2D eigenvalue weighted by molar-refractivity contribution is -0.137. The van der Waals surface area contributed by atoms with E-state index in [-0.39, 0.29) is 16.6 Å². The van der Waals surface area contributed by atoms with E-state index in [9.17, 15) is 22.8 Å². The molecular formula is C20H16F3N3O3S. The Kier molecular flexibility index (Phi) is 6.46. The number of hydrogen-bond acceptors (Lipinski definition) is 5. The summed E-state index contributed by atoms with van der Waals surface area (Å²) in [6, 6.07) is 12.6. The van der Waals surface area contributed by atoms with E-state index in [1.54, 1.807) is 31.4 Å². The van der Waals surface area contributed by atoms with Crippen molar-refractivity contribution < 1.29 is 22.7 Å². The Morgan fingerprint density at radius 2 is 1.90 bits per heavy atom. The number of amides is 1. The second kappa shape index (κ2) is 9.04. The molecule has 2 aromatic carbocycles. The normalized spacial score (nSPS) is 11.2. The van der Waals surface area contributed by atoms with Gasteiger partial charge in [0.25, 0.3) is 5.56 Å². The Morgan fingerprint density at radius 1 is 1.17 bits per heavy atom. The van der Waals surface area contributed by atoms with Crippen LogP contribution >= 0.6 is 11.8 Å². The molecule has 0 aliphatic rings. The summed E-state index contributed by atoms with van der Waals surface area (Å²) >= 11 is 0.963. The highest BCUT2D eigenvalue weighted by molar-refractivity contribution is 7.99. The average molecular weight is 435 g/mol. The molecule has 3 rings (SSSR count). The fourth-order valence-electron chi connectivity index (χ4n) is 2.52. The Balaban J connectivity index is 1.67. The van der Waals surface area contributed by atoms with Gasteiger partial charge in [0.1, 0.15) is 5.75 Å². The molecule has 1 heterocycles. The van der Waals surface area contributed by atoms with Crippen LogP contribution in [0, 0.1) is 0 Å². The number of carbonyl (C=O) groups is 1. The van der Waals surface area contributed by atoms with Crippen LogP contribution in [0.3, 0.4) is 0 Å². The maximum Gasteiger partial charge on any atom is 0.416 e. The largest absolute Gasteiger partial charge is 0.497 e. The topological polar surface area (TPSA) is 84.1 Å². The van der Waals surface area contributed by atoms with Crippen LogP contribution < -0.4 is 15.6 Å². The highest BCUT2D eigenvalue weighted by atomic mass is 32.2. The number of carbonyl (C=O) groups excluding carboxylic acids is 1. The molecule has 3 aromatic rings. The molecule has 0 fully saturated rings. The van der Waals surface area contributed by atoms with Gasteiger partial charge < -0.3 is 15.0 Å². The lowest BCUT2D eigenvalue weighted by Gasteiger charge is -2.10. The number of rotatable bonds is 6. The summed E-state index contributed by atoms with van der Waals surface area (Å²) in [5, 5.41) is 2.62. The smallest absolute Gasteiger partial charge is 0.416 e. The van der Waals surface area contributed by atoms with Crippen LogP contribution in [-0.2, 0) is 11.0 Å². The molecule has 10 heteroatoms. The number of halogens is 3. The highest BCUT2D eigenvalue weighted by Crippen LogP contribution is 2.30. The first-order valence-corrected chi connectivity index (χ1v) is 9.59. The van der Waals surface area contributed by atoms with Crippen LogP contribution in [0.1, 0.15) is 5.56 Å². The number of anilines is 1. The summed E-state index contributed by atoms with van der Waals surface area (Å²) in [4.78, 5) is 30.9. The predicted octanol–water partition coefficient (Wildman–Crippen LogP) is 4.20.